The molecule has 114 heavy (non-hydrogen) atoms. The van der Waals surface area contributed by atoms with Gasteiger partial charge in [-0.2, -0.15) is 0 Å². The molecule has 21 aromatic rings. The molecule has 12 heteroatoms. The predicted octanol–water partition coefficient (Wildman–Crippen LogP) is 23.6. The molecule has 0 spiro atoms. The average Bonchev–Trinajstić information content (AvgIpc) is 1.54. The highest BCUT2D eigenvalue weighted by atomic mass is 79.9. The number of rotatable bonds is 9. The molecule has 0 amide bonds. The Bertz CT molecular complexity index is 7300. The number of carbonyl (C=O) groups excluding carboxylic acids is 3. The molecule has 0 unspecified atom stereocenters. The Kier molecular flexibility index (Phi) is 17.2. The number of hydrogen-bond acceptors (Lipinski definition) is 9. The lowest BCUT2D eigenvalue weighted by Crippen LogP contribution is -2.08. The molecule has 0 atom stereocenters. The Balaban J connectivity index is 0.000000115. The molecule has 0 saturated heterocycles. The zero-order chi connectivity index (χ0) is 78.4. The summed E-state index contributed by atoms with van der Waals surface area (Å²) < 4.78 is 2.67. The average molecular weight is 1670 g/mol. The summed E-state index contributed by atoms with van der Waals surface area (Å²) >= 11 is 10.5. The number of hydrogen-bond donors (Lipinski definition) is 0. The van der Waals surface area contributed by atoms with Crippen LogP contribution in [0, 0.1) is 20.8 Å². The monoisotopic (exact) mass is 1660 g/mol. The van der Waals surface area contributed by atoms with Crippen LogP contribution in [0.15, 0.2) is 333 Å². The van der Waals surface area contributed by atoms with Gasteiger partial charge < -0.3 is 0 Å². The molecule has 0 saturated carbocycles. The van der Waals surface area contributed by atoms with Crippen molar-refractivity contribution in [2.75, 3.05) is 0 Å². The van der Waals surface area contributed by atoms with Gasteiger partial charge in [0.25, 0.3) is 0 Å². The van der Waals surface area contributed by atoms with E-state index in [1.54, 1.807) is 36.4 Å². The van der Waals surface area contributed by atoms with E-state index in [9.17, 15) is 43.2 Å². The van der Waals surface area contributed by atoms with Crippen molar-refractivity contribution in [3.05, 3.63) is 416 Å². The Morgan fingerprint density at radius 1 is 0.193 bits per heavy atom. The number of fused-ring (bicyclic) bond motifs is 21. The van der Waals surface area contributed by atoms with Gasteiger partial charge in [-0.15, -0.1) is 0 Å². The largest absolute Gasteiger partial charge is 0.289 e. The molecular formula is C102H57Br3O9. The molecule has 0 N–H and O–H groups in total. The van der Waals surface area contributed by atoms with Crippen molar-refractivity contribution in [1.29, 1.82) is 0 Å². The molecule has 0 aromatic heterocycles. The van der Waals surface area contributed by atoms with Crippen molar-refractivity contribution in [3.8, 4) is 33.4 Å². The molecule has 0 heterocycles. The molecule has 21 rings (SSSR count). The van der Waals surface area contributed by atoms with Crippen molar-refractivity contribution >= 4 is 194 Å². The quantitative estimate of drug-likeness (QED) is 0.128. The lowest BCUT2D eigenvalue weighted by Gasteiger charge is -2.15. The molecule has 21 aromatic carbocycles. The second-order valence-corrected chi connectivity index (χ2v) is 31.9. The van der Waals surface area contributed by atoms with E-state index < -0.39 is 0 Å². The van der Waals surface area contributed by atoms with E-state index in [-0.39, 0.29) is 49.9 Å². The molecule has 0 aliphatic rings. The van der Waals surface area contributed by atoms with Crippen LogP contribution in [0.3, 0.4) is 0 Å². The Morgan fingerprint density at radius 2 is 0.368 bits per heavy atom. The fraction of sp³-hybridized carbons (Fsp3) is 0.0294. The minimum Gasteiger partial charge on any atom is -0.289 e. The van der Waals surface area contributed by atoms with Gasteiger partial charge in [-0.1, -0.05) is 319 Å². The molecule has 0 aliphatic carbocycles. The zero-order valence-electron chi connectivity index (χ0n) is 61.0. The molecule has 0 fully saturated rings. The first-order chi connectivity index (χ1) is 55.4. The lowest BCUT2D eigenvalue weighted by atomic mass is 9.86. The fourth-order valence-corrected chi connectivity index (χ4v) is 18.2. The summed E-state index contributed by atoms with van der Waals surface area (Å²) in [6, 6.07) is 89.6. The van der Waals surface area contributed by atoms with Crippen LogP contribution in [0.1, 0.15) is 64.5 Å². The summed E-state index contributed by atoms with van der Waals surface area (Å²) in [7, 11) is 0. The van der Waals surface area contributed by atoms with Crippen molar-refractivity contribution in [2.45, 2.75) is 20.8 Å². The van der Waals surface area contributed by atoms with Gasteiger partial charge >= 0.3 is 0 Å². The van der Waals surface area contributed by atoms with Gasteiger partial charge in [0.05, 0.1) is 0 Å². The van der Waals surface area contributed by atoms with Gasteiger partial charge in [-0.3, -0.25) is 43.2 Å². The number of benzene rings is 15. The number of carbonyl (C=O) groups is 3. The number of ketones is 3. The predicted molar refractivity (Wildman–Crippen MR) is 477 cm³/mol. The summed E-state index contributed by atoms with van der Waals surface area (Å²) in [5, 5.41) is 13.9. The van der Waals surface area contributed by atoms with Gasteiger partial charge in [0.1, 0.15) is 0 Å². The van der Waals surface area contributed by atoms with Gasteiger partial charge in [0, 0.05) is 160 Å². The van der Waals surface area contributed by atoms with Crippen molar-refractivity contribution < 1.29 is 14.4 Å². The van der Waals surface area contributed by atoms with Gasteiger partial charge in [0.2, 0.25) is 0 Å². The summed E-state index contributed by atoms with van der Waals surface area (Å²) in [5.74, 6) is -0.638. The number of halogens is 3. The van der Waals surface area contributed by atoms with Crippen molar-refractivity contribution in [1.82, 2.24) is 0 Å². The van der Waals surface area contributed by atoms with Gasteiger partial charge in [-0.05, 0) is 106 Å². The van der Waals surface area contributed by atoms with E-state index >= 15 is 0 Å². The van der Waals surface area contributed by atoms with E-state index in [1.165, 1.54) is 0 Å². The van der Waals surface area contributed by atoms with Gasteiger partial charge in [0.15, 0.2) is 49.9 Å². The second-order valence-electron chi connectivity index (χ2n) is 29.1. The maximum Gasteiger partial charge on any atom is 0.194 e. The van der Waals surface area contributed by atoms with Crippen LogP contribution < -0.4 is 32.6 Å². The SMILES string of the molecule is Cc1ccc(C(=O)c2c(-c3ccc(Br)cc3)c3c(=O)c4ccccc4c3c3c(=O)c4ccccc4c23)cc1.Cc1ccc(C(=O)c2c(-c3ccc(Br)cc3)c3c(=O)c4ccccc4c3c3c(=O)c4ccccc4c23)cc1.Cc1ccc(C(=O)c2c(-c3ccc(Br)cc3)c3c(=O)c4ccccc4c3c3c(=O)c4ccccc4c23)cc1. The minimum absolute atomic E-state index is 0.156. The van der Waals surface area contributed by atoms with E-state index in [0.29, 0.717) is 147 Å². The van der Waals surface area contributed by atoms with Gasteiger partial charge in [-0.25, -0.2) is 0 Å². The number of aryl methyl sites for hydroxylation is 3. The van der Waals surface area contributed by atoms with E-state index in [0.717, 1.165) is 79.1 Å². The van der Waals surface area contributed by atoms with Crippen LogP contribution in [0.25, 0.3) is 163 Å². The Labute approximate surface area is 673 Å². The first-order valence-corrected chi connectivity index (χ1v) is 39.4. The third kappa shape index (κ3) is 11.0. The molecule has 0 radical (unpaired) electrons. The van der Waals surface area contributed by atoms with E-state index in [2.05, 4.69) is 47.8 Å². The first kappa shape index (κ1) is 71.1. The van der Waals surface area contributed by atoms with Crippen LogP contribution in [-0.2, 0) is 0 Å². The topological polar surface area (TPSA) is 154 Å². The highest BCUT2D eigenvalue weighted by Gasteiger charge is 2.34. The first-order valence-electron chi connectivity index (χ1n) is 37.0. The van der Waals surface area contributed by atoms with E-state index in [4.69, 9.17) is 0 Å². The maximum atomic E-state index is 14.4. The summed E-state index contributed by atoms with van der Waals surface area (Å²) in [5.41, 5.74) is 8.83. The molecule has 540 valence electrons. The molecular weight excluding hydrogens is 1610 g/mol. The molecule has 9 nitrogen and oxygen atoms in total. The highest BCUT2D eigenvalue weighted by Crippen LogP contribution is 2.49. The Hall–Kier alpha value is -13.2. The molecule has 0 aliphatic heterocycles. The second kappa shape index (κ2) is 27.6. The van der Waals surface area contributed by atoms with Crippen molar-refractivity contribution in [2.24, 2.45) is 0 Å². The molecule has 0 bridgehead atoms. The fourth-order valence-electron chi connectivity index (χ4n) is 17.4. The summed E-state index contributed by atoms with van der Waals surface area (Å²) in [4.78, 5) is 127. The van der Waals surface area contributed by atoms with Crippen LogP contribution in [0.2, 0.25) is 0 Å². The summed E-state index contributed by atoms with van der Waals surface area (Å²) in [6.07, 6.45) is 0. The van der Waals surface area contributed by atoms with Crippen LogP contribution in [0.5, 0.6) is 0 Å². The van der Waals surface area contributed by atoms with E-state index in [1.807, 2.05) is 276 Å². The standard InChI is InChI=1S/3C34H19BrO3/c3*1-18-10-12-20(13-11-18)32(36)29-26(19-14-16-21(35)17-15-19)30-28(23-7-3-4-8-24(23)33(30)37)31-27(29)22-6-2-5-9-25(22)34(31)38/h3*2-17H,1H3. The van der Waals surface area contributed by atoms with Crippen LogP contribution in [0.4, 0.5) is 0 Å². The summed E-state index contributed by atoms with van der Waals surface area (Å²) in [6.45, 7) is 5.91. The van der Waals surface area contributed by atoms with Crippen LogP contribution in [-0.4, -0.2) is 17.3 Å². The minimum atomic E-state index is -0.213. The maximum absolute atomic E-state index is 14.4. The van der Waals surface area contributed by atoms with Crippen molar-refractivity contribution in [3.63, 3.8) is 0 Å². The van der Waals surface area contributed by atoms with Crippen LogP contribution >= 0.6 is 47.8 Å². The third-order valence-corrected chi connectivity index (χ3v) is 24.1. The zero-order valence-corrected chi connectivity index (χ0v) is 65.8. The third-order valence-electron chi connectivity index (χ3n) is 22.5. The Morgan fingerprint density at radius 3 is 0.570 bits per heavy atom. The highest BCUT2D eigenvalue weighted by molar-refractivity contribution is 9.11. The smallest absolute Gasteiger partial charge is 0.194 e. The normalized spacial score (nSPS) is 11.7. The lowest BCUT2D eigenvalue weighted by molar-refractivity contribution is 0.103.